The van der Waals surface area contributed by atoms with Crippen molar-refractivity contribution in [2.75, 3.05) is 0 Å². The van der Waals surface area contributed by atoms with Crippen molar-refractivity contribution in [3.05, 3.63) is 54.0 Å². The number of benzene rings is 1. The lowest BCUT2D eigenvalue weighted by molar-refractivity contribution is 0.419. The number of hydrogen-bond acceptors (Lipinski definition) is 4. The monoisotopic (exact) mass is 266 g/mol. The Morgan fingerprint density at radius 2 is 2.05 bits per heavy atom. The molecule has 5 nitrogen and oxygen atoms in total. The molecule has 0 aliphatic heterocycles. The normalized spacial score (nSPS) is 14.6. The van der Waals surface area contributed by atoms with Gasteiger partial charge in [0, 0.05) is 23.7 Å². The summed E-state index contributed by atoms with van der Waals surface area (Å²) < 4.78 is 7.20. The van der Waals surface area contributed by atoms with Gasteiger partial charge in [0.2, 0.25) is 0 Å². The van der Waals surface area contributed by atoms with Crippen LogP contribution in [0.1, 0.15) is 30.1 Å². The van der Waals surface area contributed by atoms with Gasteiger partial charge in [-0.15, -0.1) is 5.10 Å². The van der Waals surface area contributed by atoms with Crippen molar-refractivity contribution in [3.8, 4) is 11.3 Å². The summed E-state index contributed by atoms with van der Waals surface area (Å²) in [6.45, 7) is 0.593. The Morgan fingerprint density at radius 1 is 1.20 bits per heavy atom. The van der Waals surface area contributed by atoms with E-state index in [0.717, 1.165) is 22.7 Å². The van der Waals surface area contributed by atoms with Gasteiger partial charge in [-0.25, -0.2) is 4.68 Å². The SMILES string of the molecule is c1ccc(-c2cc(Cn3cc(C4CC4)nn3)no2)cc1. The minimum atomic E-state index is 0.593. The Hall–Kier alpha value is -2.43. The van der Waals surface area contributed by atoms with Crippen molar-refractivity contribution >= 4 is 0 Å². The topological polar surface area (TPSA) is 56.7 Å². The molecule has 0 bridgehead atoms. The predicted molar refractivity (Wildman–Crippen MR) is 73.0 cm³/mol. The van der Waals surface area contributed by atoms with E-state index in [0.29, 0.717) is 12.5 Å². The van der Waals surface area contributed by atoms with Crippen LogP contribution in [0.2, 0.25) is 0 Å². The fraction of sp³-hybridized carbons (Fsp3) is 0.267. The third-order valence-corrected chi connectivity index (χ3v) is 3.49. The molecule has 20 heavy (non-hydrogen) atoms. The van der Waals surface area contributed by atoms with E-state index in [2.05, 4.69) is 15.5 Å². The van der Waals surface area contributed by atoms with Gasteiger partial charge in [-0.1, -0.05) is 40.7 Å². The predicted octanol–water partition coefficient (Wildman–Crippen LogP) is 2.86. The van der Waals surface area contributed by atoms with Crippen LogP contribution in [0.25, 0.3) is 11.3 Å². The summed E-state index contributed by atoms with van der Waals surface area (Å²) in [5.41, 5.74) is 2.98. The first-order valence-electron chi connectivity index (χ1n) is 6.79. The van der Waals surface area contributed by atoms with Crippen LogP contribution in [0.4, 0.5) is 0 Å². The molecule has 0 N–H and O–H groups in total. The molecular weight excluding hydrogens is 252 g/mol. The number of hydrogen-bond donors (Lipinski definition) is 0. The van der Waals surface area contributed by atoms with Gasteiger partial charge in [0.05, 0.1) is 12.2 Å². The first kappa shape index (κ1) is 11.4. The van der Waals surface area contributed by atoms with E-state index in [-0.39, 0.29) is 0 Å². The van der Waals surface area contributed by atoms with E-state index in [1.807, 2.05) is 47.3 Å². The Morgan fingerprint density at radius 3 is 2.85 bits per heavy atom. The average Bonchev–Trinajstić information content (AvgIpc) is 3.06. The largest absolute Gasteiger partial charge is 0.356 e. The van der Waals surface area contributed by atoms with Crippen molar-refractivity contribution in [2.24, 2.45) is 0 Å². The fourth-order valence-electron chi connectivity index (χ4n) is 2.25. The molecule has 0 spiro atoms. The van der Waals surface area contributed by atoms with Crippen LogP contribution in [-0.4, -0.2) is 20.2 Å². The summed E-state index contributed by atoms with van der Waals surface area (Å²) in [6.07, 6.45) is 4.48. The highest BCUT2D eigenvalue weighted by molar-refractivity contribution is 5.56. The van der Waals surface area contributed by atoms with E-state index in [1.54, 1.807) is 0 Å². The maximum Gasteiger partial charge on any atom is 0.167 e. The Bertz CT molecular complexity index is 712. The van der Waals surface area contributed by atoms with Gasteiger partial charge in [-0.2, -0.15) is 0 Å². The summed E-state index contributed by atoms with van der Waals surface area (Å²) in [5, 5.41) is 12.4. The lowest BCUT2D eigenvalue weighted by Gasteiger charge is -1.93. The minimum absolute atomic E-state index is 0.593. The van der Waals surface area contributed by atoms with Crippen molar-refractivity contribution in [3.63, 3.8) is 0 Å². The van der Waals surface area contributed by atoms with Crippen LogP contribution in [0.3, 0.4) is 0 Å². The zero-order valence-corrected chi connectivity index (χ0v) is 10.9. The molecule has 2 heterocycles. The van der Waals surface area contributed by atoms with Crippen LogP contribution in [0.15, 0.2) is 47.1 Å². The molecule has 0 unspecified atom stereocenters. The van der Waals surface area contributed by atoms with Gasteiger partial charge < -0.3 is 4.52 Å². The van der Waals surface area contributed by atoms with Gasteiger partial charge >= 0.3 is 0 Å². The third-order valence-electron chi connectivity index (χ3n) is 3.49. The van der Waals surface area contributed by atoms with Gasteiger partial charge in [0.1, 0.15) is 5.69 Å². The van der Waals surface area contributed by atoms with Crippen LogP contribution >= 0.6 is 0 Å². The first-order chi connectivity index (χ1) is 9.88. The van der Waals surface area contributed by atoms with Gasteiger partial charge in [0.15, 0.2) is 5.76 Å². The molecule has 0 atom stereocenters. The van der Waals surface area contributed by atoms with Crippen LogP contribution in [0.5, 0.6) is 0 Å². The highest BCUT2D eigenvalue weighted by Crippen LogP contribution is 2.38. The number of aromatic nitrogens is 4. The average molecular weight is 266 g/mol. The summed E-state index contributed by atoms with van der Waals surface area (Å²) in [4.78, 5) is 0. The highest BCUT2D eigenvalue weighted by Gasteiger charge is 2.26. The molecule has 1 aliphatic carbocycles. The molecule has 0 radical (unpaired) electrons. The lowest BCUT2D eigenvalue weighted by Crippen LogP contribution is -2.00. The van der Waals surface area contributed by atoms with Gasteiger partial charge in [0.25, 0.3) is 0 Å². The third kappa shape index (κ3) is 2.22. The first-order valence-corrected chi connectivity index (χ1v) is 6.79. The zero-order chi connectivity index (χ0) is 13.4. The molecule has 1 saturated carbocycles. The van der Waals surface area contributed by atoms with Gasteiger partial charge in [-0.3, -0.25) is 0 Å². The second-order valence-corrected chi connectivity index (χ2v) is 5.16. The summed E-state index contributed by atoms with van der Waals surface area (Å²) >= 11 is 0. The van der Waals surface area contributed by atoms with Crippen LogP contribution in [-0.2, 0) is 6.54 Å². The van der Waals surface area contributed by atoms with Crippen molar-refractivity contribution < 1.29 is 4.52 Å². The highest BCUT2D eigenvalue weighted by atomic mass is 16.5. The maximum atomic E-state index is 5.38. The molecular formula is C15H14N4O. The van der Waals surface area contributed by atoms with Gasteiger partial charge in [-0.05, 0) is 12.8 Å². The quantitative estimate of drug-likeness (QED) is 0.728. The summed E-state index contributed by atoms with van der Waals surface area (Å²) in [5.74, 6) is 1.41. The molecule has 5 heteroatoms. The Balaban J connectivity index is 1.52. The molecule has 3 aromatic rings. The molecule has 0 saturated heterocycles. The Kier molecular flexibility index (Phi) is 2.62. The van der Waals surface area contributed by atoms with Crippen LogP contribution in [0, 0.1) is 0 Å². The second-order valence-electron chi connectivity index (χ2n) is 5.16. The number of rotatable bonds is 4. The molecule has 4 rings (SSSR count). The van der Waals surface area contributed by atoms with Crippen LogP contribution < -0.4 is 0 Å². The molecule has 1 fully saturated rings. The van der Waals surface area contributed by atoms with Crippen molar-refractivity contribution in [1.29, 1.82) is 0 Å². The molecule has 0 amide bonds. The van der Waals surface area contributed by atoms with E-state index in [9.17, 15) is 0 Å². The standard InChI is InChI=1S/C15H14N4O/c1-2-4-12(5-3-1)15-8-13(17-20-15)9-19-10-14(16-18-19)11-6-7-11/h1-5,8,10-11H,6-7,9H2. The molecule has 1 aromatic carbocycles. The van der Waals surface area contributed by atoms with E-state index in [1.165, 1.54) is 12.8 Å². The van der Waals surface area contributed by atoms with Crippen molar-refractivity contribution in [1.82, 2.24) is 20.2 Å². The summed E-state index contributed by atoms with van der Waals surface area (Å²) in [6, 6.07) is 11.9. The Labute approximate surface area is 116 Å². The van der Waals surface area contributed by atoms with E-state index in [4.69, 9.17) is 4.52 Å². The molecule has 100 valence electrons. The minimum Gasteiger partial charge on any atom is -0.356 e. The fourth-order valence-corrected chi connectivity index (χ4v) is 2.25. The smallest absolute Gasteiger partial charge is 0.167 e. The summed E-state index contributed by atoms with van der Waals surface area (Å²) in [7, 11) is 0. The molecule has 1 aliphatic rings. The van der Waals surface area contributed by atoms with E-state index >= 15 is 0 Å². The molecule has 2 aromatic heterocycles. The zero-order valence-electron chi connectivity index (χ0n) is 10.9. The number of nitrogens with zero attached hydrogens (tertiary/aromatic N) is 4. The van der Waals surface area contributed by atoms with E-state index < -0.39 is 0 Å². The second kappa shape index (κ2) is 4.59. The lowest BCUT2D eigenvalue weighted by atomic mass is 10.2. The maximum absolute atomic E-state index is 5.38. The van der Waals surface area contributed by atoms with Crippen molar-refractivity contribution in [2.45, 2.75) is 25.3 Å².